The summed E-state index contributed by atoms with van der Waals surface area (Å²) >= 11 is 0. The molecule has 3 N–H and O–H groups in total. The summed E-state index contributed by atoms with van der Waals surface area (Å²) in [5.74, 6) is 0. The predicted molar refractivity (Wildman–Crippen MR) is 115 cm³/mol. The van der Waals surface area contributed by atoms with Crippen molar-refractivity contribution in [2.75, 3.05) is 20.2 Å². The summed E-state index contributed by atoms with van der Waals surface area (Å²) in [6.07, 6.45) is 14.2. The Bertz CT molecular complexity index is 796. The zero-order chi connectivity index (χ0) is 20.5. The van der Waals surface area contributed by atoms with Crippen LogP contribution in [0.4, 0.5) is 0 Å². The number of likely N-dealkylation sites (N-methyl/N-ethyl adjacent to an activating group) is 1. The number of hydrogen-bond donors (Lipinski definition) is 2. The number of rotatable bonds is 9. The minimum absolute atomic E-state index is 0.000411. The Labute approximate surface area is 167 Å². The summed E-state index contributed by atoms with van der Waals surface area (Å²) in [5, 5.41) is 13.5. The Morgan fingerprint density at radius 1 is 1.32 bits per heavy atom. The van der Waals surface area contributed by atoms with Gasteiger partial charge in [-0.3, -0.25) is 9.67 Å². The van der Waals surface area contributed by atoms with Gasteiger partial charge in [0, 0.05) is 43.0 Å². The van der Waals surface area contributed by atoms with Gasteiger partial charge in [0.2, 0.25) is 0 Å². The number of hydrogen-bond acceptors (Lipinski definition) is 6. The van der Waals surface area contributed by atoms with Gasteiger partial charge in [-0.05, 0) is 19.3 Å². The van der Waals surface area contributed by atoms with Gasteiger partial charge in [-0.2, -0.15) is 5.10 Å². The second kappa shape index (κ2) is 10.6. The Morgan fingerprint density at radius 3 is 2.68 bits per heavy atom. The highest BCUT2D eigenvalue weighted by atomic mass is 16.3. The standard InChI is InChI=1S/C21H32N6O/c1-5-8-20-21(17-13-24-27(14-17)18(6-2)7-3)25-19(15-26(20)4)16(11-22)12-23-9-10-28/h8,11-15,18,28H,5-7,9-10,22H2,1-4H3/b16-11?,20-8-,23-12?. The molecule has 2 heterocycles. The van der Waals surface area contributed by atoms with Crippen molar-refractivity contribution in [2.45, 2.75) is 46.1 Å². The van der Waals surface area contributed by atoms with E-state index in [4.69, 9.17) is 15.8 Å². The second-order valence-corrected chi connectivity index (χ2v) is 6.64. The zero-order valence-corrected chi connectivity index (χ0v) is 17.3. The van der Waals surface area contributed by atoms with Crippen molar-refractivity contribution in [3.8, 4) is 0 Å². The molecule has 0 aliphatic carbocycles. The number of nitrogens with two attached hydrogens (primary N) is 1. The van der Waals surface area contributed by atoms with E-state index in [-0.39, 0.29) is 6.61 Å². The molecule has 0 atom stereocenters. The van der Waals surface area contributed by atoms with Gasteiger partial charge in [-0.15, -0.1) is 0 Å². The van der Waals surface area contributed by atoms with E-state index in [9.17, 15) is 0 Å². The molecule has 0 unspecified atom stereocenters. The predicted octanol–water partition coefficient (Wildman–Crippen LogP) is 3.02. The van der Waals surface area contributed by atoms with Crippen molar-refractivity contribution in [3.05, 3.63) is 53.4 Å². The molecule has 0 saturated heterocycles. The van der Waals surface area contributed by atoms with E-state index in [1.165, 1.54) is 6.20 Å². The molecule has 0 amide bonds. The van der Waals surface area contributed by atoms with Crippen molar-refractivity contribution in [2.24, 2.45) is 15.7 Å². The maximum atomic E-state index is 8.94. The van der Waals surface area contributed by atoms with Crippen LogP contribution in [0.15, 0.2) is 57.8 Å². The highest BCUT2D eigenvalue weighted by Gasteiger charge is 2.22. The van der Waals surface area contributed by atoms with Gasteiger partial charge < -0.3 is 15.7 Å². The third-order valence-electron chi connectivity index (χ3n) is 4.69. The van der Waals surface area contributed by atoms with Crippen LogP contribution in [0.25, 0.3) is 0 Å². The summed E-state index contributed by atoms with van der Waals surface area (Å²) in [5.41, 5.74) is 10.1. The van der Waals surface area contributed by atoms with E-state index in [0.29, 0.717) is 18.2 Å². The third-order valence-corrected chi connectivity index (χ3v) is 4.69. The van der Waals surface area contributed by atoms with Crippen LogP contribution < -0.4 is 5.73 Å². The quantitative estimate of drug-likeness (QED) is 0.640. The van der Waals surface area contributed by atoms with Gasteiger partial charge in [0.05, 0.1) is 42.5 Å². The lowest BCUT2D eigenvalue weighted by atomic mass is 10.1. The lowest BCUT2D eigenvalue weighted by molar-refractivity contribution is 0.307. The topological polar surface area (TPSA) is 92.0 Å². The average Bonchev–Trinajstić information content (AvgIpc) is 3.17. The number of aliphatic hydroxyl groups is 1. The SMILES string of the molecule is CC/C=C1/C(c2cnn(C(CC)CC)c2)=NC(C(C=NCCO)=CN)=CN1C. The fourth-order valence-corrected chi connectivity index (χ4v) is 3.15. The minimum Gasteiger partial charge on any atom is -0.404 e. The number of aliphatic hydroxyl groups excluding tert-OH is 1. The van der Waals surface area contributed by atoms with E-state index in [2.05, 4.69) is 48.0 Å². The van der Waals surface area contributed by atoms with Crippen LogP contribution in [0.3, 0.4) is 0 Å². The Morgan fingerprint density at radius 2 is 2.07 bits per heavy atom. The lowest BCUT2D eigenvalue weighted by Crippen LogP contribution is -2.24. The van der Waals surface area contributed by atoms with Gasteiger partial charge >= 0.3 is 0 Å². The molecule has 0 fully saturated rings. The first-order chi connectivity index (χ1) is 13.6. The molecule has 1 aliphatic rings. The van der Waals surface area contributed by atoms with E-state index < -0.39 is 0 Å². The summed E-state index contributed by atoms with van der Waals surface area (Å²) < 4.78 is 2.03. The third kappa shape index (κ3) is 4.98. The molecule has 0 aromatic carbocycles. The summed E-state index contributed by atoms with van der Waals surface area (Å²) in [6.45, 7) is 6.79. The molecule has 0 spiro atoms. The summed E-state index contributed by atoms with van der Waals surface area (Å²) in [6, 6.07) is 0.384. The molecule has 28 heavy (non-hydrogen) atoms. The first-order valence-corrected chi connectivity index (χ1v) is 9.90. The summed E-state index contributed by atoms with van der Waals surface area (Å²) in [7, 11) is 2.00. The van der Waals surface area contributed by atoms with Crippen LogP contribution in [0.2, 0.25) is 0 Å². The van der Waals surface area contributed by atoms with E-state index in [0.717, 1.165) is 41.9 Å². The highest BCUT2D eigenvalue weighted by molar-refractivity contribution is 6.13. The molecule has 7 heteroatoms. The molecular formula is C21H32N6O. The number of nitrogens with zero attached hydrogens (tertiary/aromatic N) is 5. The molecule has 152 valence electrons. The number of aliphatic imine (C=N–C) groups is 2. The second-order valence-electron chi connectivity index (χ2n) is 6.64. The smallest absolute Gasteiger partial charge is 0.0974 e. The first-order valence-electron chi connectivity index (χ1n) is 9.90. The maximum Gasteiger partial charge on any atom is 0.0974 e. The van der Waals surface area contributed by atoms with Gasteiger partial charge in [0.1, 0.15) is 0 Å². The van der Waals surface area contributed by atoms with Crippen LogP contribution in [-0.4, -0.2) is 51.9 Å². The molecule has 0 saturated carbocycles. The fraction of sp³-hybridized carbons (Fsp3) is 0.476. The van der Waals surface area contributed by atoms with Gasteiger partial charge in [0.25, 0.3) is 0 Å². The van der Waals surface area contributed by atoms with Crippen molar-refractivity contribution in [1.29, 1.82) is 0 Å². The molecular weight excluding hydrogens is 352 g/mol. The lowest BCUT2D eigenvalue weighted by Gasteiger charge is -2.25. The summed E-state index contributed by atoms with van der Waals surface area (Å²) in [4.78, 5) is 11.1. The highest BCUT2D eigenvalue weighted by Crippen LogP contribution is 2.25. The molecule has 1 aromatic rings. The monoisotopic (exact) mass is 384 g/mol. The average molecular weight is 385 g/mol. The molecule has 0 radical (unpaired) electrons. The Kier molecular flexibility index (Phi) is 8.19. The normalized spacial score (nSPS) is 17.0. The minimum atomic E-state index is 0.000411. The van der Waals surface area contributed by atoms with Crippen molar-refractivity contribution in [3.63, 3.8) is 0 Å². The molecule has 7 nitrogen and oxygen atoms in total. The van der Waals surface area contributed by atoms with Crippen molar-refractivity contribution < 1.29 is 5.11 Å². The Hall–Kier alpha value is -2.67. The first kappa shape index (κ1) is 21.6. The van der Waals surface area contributed by atoms with E-state index in [1.807, 2.05) is 24.1 Å². The molecule has 1 aromatic heterocycles. The zero-order valence-electron chi connectivity index (χ0n) is 17.3. The van der Waals surface area contributed by atoms with Crippen LogP contribution >= 0.6 is 0 Å². The van der Waals surface area contributed by atoms with Crippen LogP contribution in [-0.2, 0) is 0 Å². The Balaban J connectivity index is 2.46. The molecule has 2 rings (SSSR count). The van der Waals surface area contributed by atoms with E-state index >= 15 is 0 Å². The van der Waals surface area contributed by atoms with E-state index in [1.54, 1.807) is 6.21 Å². The number of allylic oxidation sites excluding steroid dienone is 3. The largest absolute Gasteiger partial charge is 0.404 e. The van der Waals surface area contributed by atoms with Crippen molar-refractivity contribution >= 4 is 11.9 Å². The van der Waals surface area contributed by atoms with Crippen LogP contribution in [0.5, 0.6) is 0 Å². The van der Waals surface area contributed by atoms with Crippen LogP contribution in [0, 0.1) is 0 Å². The fourth-order valence-electron chi connectivity index (χ4n) is 3.15. The number of aromatic nitrogens is 2. The van der Waals surface area contributed by atoms with Gasteiger partial charge in [0.15, 0.2) is 0 Å². The van der Waals surface area contributed by atoms with Gasteiger partial charge in [-0.25, -0.2) is 4.99 Å². The maximum absolute atomic E-state index is 8.94. The van der Waals surface area contributed by atoms with Crippen molar-refractivity contribution in [1.82, 2.24) is 14.7 Å². The molecule has 1 aliphatic heterocycles. The van der Waals surface area contributed by atoms with Gasteiger partial charge in [-0.1, -0.05) is 26.8 Å². The molecule has 0 bridgehead atoms. The van der Waals surface area contributed by atoms with Crippen LogP contribution in [0.1, 0.15) is 51.6 Å².